The quantitative estimate of drug-likeness (QED) is 0.536. The molecule has 0 aromatic carbocycles. The molecule has 0 saturated heterocycles. The van der Waals surface area contributed by atoms with E-state index in [0.29, 0.717) is 41.0 Å². The number of aromatic amines is 1. The number of nitrogens with zero attached hydrogens (tertiary/aromatic N) is 3. The maximum atomic E-state index is 12.9. The Bertz CT molecular complexity index is 810. The van der Waals surface area contributed by atoms with Gasteiger partial charge >= 0.3 is 0 Å². The summed E-state index contributed by atoms with van der Waals surface area (Å²) in [6.45, 7) is 12.3. The third-order valence-corrected chi connectivity index (χ3v) is 5.19. The Balaban J connectivity index is 2.26. The predicted molar refractivity (Wildman–Crippen MR) is 108 cm³/mol. The number of hydrogen-bond donors (Lipinski definition) is 1. The van der Waals surface area contributed by atoms with Crippen molar-refractivity contribution >= 4 is 28.7 Å². The van der Waals surface area contributed by atoms with E-state index >= 15 is 0 Å². The number of aryl methyl sites for hydroxylation is 1. The SMILES string of the molecule is CCCCN(CC)C(=O)CSc1nc2cc(C)[nH]c2c(=O)n1CC(C)C. The second-order valence-electron chi connectivity index (χ2n) is 7.03. The van der Waals surface area contributed by atoms with Crippen molar-refractivity contribution in [2.75, 3.05) is 18.8 Å². The molecule has 0 aliphatic carbocycles. The molecule has 7 heteroatoms. The van der Waals surface area contributed by atoms with Gasteiger partial charge in [-0.15, -0.1) is 0 Å². The van der Waals surface area contributed by atoms with E-state index in [1.807, 2.05) is 24.8 Å². The predicted octanol–water partition coefficient (Wildman–Crippen LogP) is 3.43. The summed E-state index contributed by atoms with van der Waals surface area (Å²) >= 11 is 1.36. The van der Waals surface area contributed by atoms with E-state index < -0.39 is 0 Å². The molecule has 1 amide bonds. The molecule has 0 saturated carbocycles. The molecule has 2 aromatic rings. The number of carbonyl (C=O) groups excluding carboxylic acids is 1. The highest BCUT2D eigenvalue weighted by atomic mass is 32.2. The molecule has 0 radical (unpaired) electrons. The van der Waals surface area contributed by atoms with Gasteiger partial charge in [0, 0.05) is 25.3 Å². The minimum Gasteiger partial charge on any atom is -0.353 e. The van der Waals surface area contributed by atoms with E-state index in [1.54, 1.807) is 4.57 Å². The van der Waals surface area contributed by atoms with Crippen molar-refractivity contribution in [1.29, 1.82) is 0 Å². The average molecular weight is 379 g/mol. The first-order valence-corrected chi connectivity index (χ1v) is 10.4. The molecule has 26 heavy (non-hydrogen) atoms. The maximum absolute atomic E-state index is 12.9. The van der Waals surface area contributed by atoms with Gasteiger partial charge in [-0.25, -0.2) is 4.98 Å². The topological polar surface area (TPSA) is 71.0 Å². The van der Waals surface area contributed by atoms with Crippen LogP contribution in [-0.4, -0.2) is 44.2 Å². The van der Waals surface area contributed by atoms with Gasteiger partial charge in [-0.2, -0.15) is 0 Å². The molecule has 0 aliphatic heterocycles. The largest absolute Gasteiger partial charge is 0.353 e. The fourth-order valence-electron chi connectivity index (χ4n) is 2.87. The van der Waals surface area contributed by atoms with Crippen molar-refractivity contribution in [3.63, 3.8) is 0 Å². The molecule has 0 unspecified atom stereocenters. The van der Waals surface area contributed by atoms with Gasteiger partial charge in [-0.1, -0.05) is 39.0 Å². The molecular weight excluding hydrogens is 348 g/mol. The molecule has 2 rings (SSSR count). The minimum atomic E-state index is -0.0647. The summed E-state index contributed by atoms with van der Waals surface area (Å²) in [5, 5.41) is 0.620. The number of carbonyl (C=O) groups is 1. The lowest BCUT2D eigenvalue weighted by Gasteiger charge is -2.21. The van der Waals surface area contributed by atoms with Crippen LogP contribution >= 0.6 is 11.8 Å². The number of aromatic nitrogens is 3. The molecule has 0 bridgehead atoms. The maximum Gasteiger partial charge on any atom is 0.278 e. The van der Waals surface area contributed by atoms with Crippen LogP contribution < -0.4 is 5.56 Å². The molecule has 2 heterocycles. The zero-order valence-corrected chi connectivity index (χ0v) is 17.3. The molecule has 0 atom stereocenters. The Kier molecular flexibility index (Phi) is 7.32. The highest BCUT2D eigenvalue weighted by molar-refractivity contribution is 7.99. The third-order valence-electron chi connectivity index (χ3n) is 4.23. The highest BCUT2D eigenvalue weighted by Crippen LogP contribution is 2.20. The monoisotopic (exact) mass is 378 g/mol. The van der Waals surface area contributed by atoms with Gasteiger partial charge in [0.2, 0.25) is 5.91 Å². The van der Waals surface area contributed by atoms with E-state index in [2.05, 4.69) is 30.7 Å². The van der Waals surface area contributed by atoms with Gasteiger partial charge in [-0.3, -0.25) is 14.2 Å². The summed E-state index contributed by atoms with van der Waals surface area (Å²) in [6, 6.07) is 1.88. The van der Waals surface area contributed by atoms with Crippen LogP contribution in [0.2, 0.25) is 0 Å². The molecule has 0 spiro atoms. The summed E-state index contributed by atoms with van der Waals surface area (Å²) in [6.07, 6.45) is 2.07. The van der Waals surface area contributed by atoms with Crippen LogP contribution in [0.1, 0.15) is 46.2 Å². The molecule has 0 fully saturated rings. The van der Waals surface area contributed by atoms with Crippen molar-refractivity contribution in [2.24, 2.45) is 5.92 Å². The summed E-state index contributed by atoms with van der Waals surface area (Å²) < 4.78 is 1.70. The fourth-order valence-corrected chi connectivity index (χ4v) is 3.78. The lowest BCUT2D eigenvalue weighted by atomic mass is 10.2. The number of nitrogens with one attached hydrogen (secondary N) is 1. The number of thioether (sulfide) groups is 1. The molecule has 0 aliphatic rings. The lowest BCUT2D eigenvalue weighted by molar-refractivity contribution is -0.128. The van der Waals surface area contributed by atoms with Gasteiger partial charge in [0.15, 0.2) is 5.16 Å². The summed E-state index contributed by atoms with van der Waals surface area (Å²) in [5.74, 6) is 0.716. The van der Waals surface area contributed by atoms with Crippen LogP contribution in [-0.2, 0) is 11.3 Å². The second kappa shape index (κ2) is 9.26. The number of hydrogen-bond acceptors (Lipinski definition) is 4. The van der Waals surface area contributed by atoms with E-state index in [4.69, 9.17) is 0 Å². The zero-order valence-electron chi connectivity index (χ0n) is 16.5. The van der Waals surface area contributed by atoms with Crippen LogP contribution in [0, 0.1) is 12.8 Å². The first kappa shape index (κ1) is 20.6. The average Bonchev–Trinajstić information content (AvgIpc) is 2.97. The summed E-state index contributed by atoms with van der Waals surface area (Å²) in [7, 11) is 0. The Hall–Kier alpha value is -1.76. The van der Waals surface area contributed by atoms with Crippen LogP contribution in [0.5, 0.6) is 0 Å². The Morgan fingerprint density at radius 1 is 1.38 bits per heavy atom. The van der Waals surface area contributed by atoms with Gasteiger partial charge in [0.25, 0.3) is 5.56 Å². The van der Waals surface area contributed by atoms with Crippen LogP contribution in [0.15, 0.2) is 16.0 Å². The van der Waals surface area contributed by atoms with Gasteiger partial charge in [0.1, 0.15) is 5.52 Å². The highest BCUT2D eigenvalue weighted by Gasteiger charge is 2.17. The van der Waals surface area contributed by atoms with Crippen LogP contribution in [0.3, 0.4) is 0 Å². The lowest BCUT2D eigenvalue weighted by Crippen LogP contribution is -2.33. The smallest absolute Gasteiger partial charge is 0.278 e. The number of fused-ring (bicyclic) bond motifs is 1. The summed E-state index contributed by atoms with van der Waals surface area (Å²) in [5.41, 5.74) is 2.05. The van der Waals surface area contributed by atoms with Crippen molar-refractivity contribution in [2.45, 2.75) is 59.2 Å². The normalized spacial score (nSPS) is 11.5. The number of H-pyrrole nitrogens is 1. The molecular formula is C19H30N4O2S. The molecule has 2 aromatic heterocycles. The first-order chi connectivity index (χ1) is 12.4. The zero-order chi connectivity index (χ0) is 19.3. The third kappa shape index (κ3) is 4.90. The van der Waals surface area contributed by atoms with Crippen molar-refractivity contribution in [3.05, 3.63) is 22.1 Å². The Labute approximate surface area is 159 Å². The summed E-state index contributed by atoms with van der Waals surface area (Å²) in [4.78, 5) is 35.0. The van der Waals surface area contributed by atoms with Crippen molar-refractivity contribution < 1.29 is 4.79 Å². The van der Waals surface area contributed by atoms with Gasteiger partial charge in [0.05, 0.1) is 11.3 Å². The van der Waals surface area contributed by atoms with Gasteiger partial charge < -0.3 is 9.88 Å². The van der Waals surface area contributed by atoms with E-state index in [0.717, 1.165) is 25.1 Å². The number of unbranched alkanes of at least 4 members (excludes halogenated alkanes) is 1. The molecule has 6 nitrogen and oxygen atoms in total. The van der Waals surface area contributed by atoms with Gasteiger partial charge in [-0.05, 0) is 32.3 Å². The fraction of sp³-hybridized carbons (Fsp3) is 0.632. The minimum absolute atomic E-state index is 0.0647. The van der Waals surface area contributed by atoms with Crippen molar-refractivity contribution in [1.82, 2.24) is 19.4 Å². The van der Waals surface area contributed by atoms with Crippen LogP contribution in [0.4, 0.5) is 0 Å². The second-order valence-corrected chi connectivity index (χ2v) is 7.97. The first-order valence-electron chi connectivity index (χ1n) is 9.38. The van der Waals surface area contributed by atoms with Crippen molar-refractivity contribution in [3.8, 4) is 0 Å². The molecule has 144 valence electrons. The number of amides is 1. The Morgan fingerprint density at radius 2 is 2.12 bits per heavy atom. The number of rotatable bonds is 9. The Morgan fingerprint density at radius 3 is 2.73 bits per heavy atom. The van der Waals surface area contributed by atoms with E-state index in [9.17, 15) is 9.59 Å². The van der Waals surface area contributed by atoms with E-state index in [1.165, 1.54) is 11.8 Å². The molecule has 1 N–H and O–H groups in total. The van der Waals surface area contributed by atoms with E-state index in [-0.39, 0.29) is 11.5 Å². The van der Waals surface area contributed by atoms with Crippen LogP contribution in [0.25, 0.3) is 11.0 Å². The standard InChI is InChI=1S/C19H30N4O2S/c1-6-8-9-22(7-2)16(24)12-26-19-21-15-10-14(5)20-17(15)18(25)23(19)11-13(3)4/h10,13,20H,6-9,11-12H2,1-5H3.